The van der Waals surface area contributed by atoms with E-state index in [9.17, 15) is 14.9 Å². The number of nitrogens with one attached hydrogen (secondary N) is 1. The van der Waals surface area contributed by atoms with E-state index in [1.807, 2.05) is 0 Å². The molecule has 1 atom stereocenters. The molecule has 1 fully saturated rings. The maximum Gasteiger partial charge on any atom is 0.270 e. The molecule has 2 rings (SSSR count). The molecular formula is C12H15Cl2N3O3. The topological polar surface area (TPSA) is 98.3 Å². The van der Waals surface area contributed by atoms with Crippen LogP contribution < -0.4 is 11.1 Å². The van der Waals surface area contributed by atoms with Crippen molar-refractivity contribution in [2.75, 3.05) is 6.54 Å². The Kier molecular flexibility index (Phi) is 5.74. The third kappa shape index (κ3) is 4.06. The van der Waals surface area contributed by atoms with Crippen LogP contribution in [0.2, 0.25) is 5.02 Å². The van der Waals surface area contributed by atoms with Gasteiger partial charge in [0.05, 0.1) is 15.5 Å². The van der Waals surface area contributed by atoms with Gasteiger partial charge in [-0.3, -0.25) is 14.9 Å². The third-order valence-electron chi connectivity index (χ3n) is 3.13. The molecule has 0 aliphatic heterocycles. The molecule has 0 heterocycles. The lowest BCUT2D eigenvalue weighted by atomic mass is 10.1. The quantitative estimate of drug-likeness (QED) is 0.641. The molecule has 20 heavy (non-hydrogen) atoms. The summed E-state index contributed by atoms with van der Waals surface area (Å²) >= 11 is 5.86. The first-order valence-electron chi connectivity index (χ1n) is 5.96. The lowest BCUT2D eigenvalue weighted by molar-refractivity contribution is -0.384. The Labute approximate surface area is 127 Å². The largest absolute Gasteiger partial charge is 0.350 e. The molecule has 0 aromatic heterocycles. The molecule has 3 N–H and O–H groups in total. The lowest BCUT2D eigenvalue weighted by Crippen LogP contribution is -2.38. The van der Waals surface area contributed by atoms with Crippen molar-refractivity contribution < 1.29 is 9.72 Å². The van der Waals surface area contributed by atoms with Crippen molar-refractivity contribution in [3.8, 4) is 0 Å². The molecule has 1 saturated carbocycles. The average Bonchev–Trinajstić information content (AvgIpc) is 3.19. The number of hydrogen-bond donors (Lipinski definition) is 2. The normalized spacial score (nSPS) is 15.1. The number of nitro benzene ring substituents is 1. The molecule has 1 aliphatic carbocycles. The lowest BCUT2D eigenvalue weighted by Gasteiger charge is -2.12. The molecule has 110 valence electrons. The Morgan fingerprint density at radius 2 is 2.20 bits per heavy atom. The van der Waals surface area contributed by atoms with Crippen molar-refractivity contribution in [1.29, 1.82) is 0 Å². The first-order valence-corrected chi connectivity index (χ1v) is 6.34. The number of rotatable bonds is 5. The first-order chi connectivity index (χ1) is 8.99. The molecule has 1 amide bonds. The van der Waals surface area contributed by atoms with Gasteiger partial charge in [-0.05, 0) is 24.8 Å². The molecule has 0 radical (unpaired) electrons. The minimum atomic E-state index is -0.559. The van der Waals surface area contributed by atoms with Crippen molar-refractivity contribution >= 4 is 35.6 Å². The van der Waals surface area contributed by atoms with Crippen molar-refractivity contribution in [3.63, 3.8) is 0 Å². The van der Waals surface area contributed by atoms with E-state index >= 15 is 0 Å². The summed E-state index contributed by atoms with van der Waals surface area (Å²) in [4.78, 5) is 21.9. The van der Waals surface area contributed by atoms with Crippen LogP contribution >= 0.6 is 24.0 Å². The highest BCUT2D eigenvalue weighted by molar-refractivity contribution is 6.34. The number of non-ortho nitro benzene ring substituents is 1. The number of nitrogens with zero attached hydrogens (tertiary/aromatic N) is 1. The Balaban J connectivity index is 0.00000200. The van der Waals surface area contributed by atoms with Gasteiger partial charge in [0, 0.05) is 24.7 Å². The Morgan fingerprint density at radius 1 is 1.55 bits per heavy atom. The SMILES string of the molecule is Cl.NC(CNC(=O)c1ccc([N+](=O)[O-])cc1Cl)C1CC1. The van der Waals surface area contributed by atoms with Crippen molar-refractivity contribution in [2.24, 2.45) is 11.7 Å². The fourth-order valence-electron chi connectivity index (χ4n) is 1.80. The Hall–Kier alpha value is -1.37. The molecule has 8 heteroatoms. The number of halogens is 2. The number of benzene rings is 1. The van der Waals surface area contributed by atoms with Gasteiger partial charge in [-0.2, -0.15) is 0 Å². The van der Waals surface area contributed by atoms with Crippen LogP contribution in [0.1, 0.15) is 23.2 Å². The standard InChI is InChI=1S/C12H14ClN3O3.ClH/c13-10-5-8(16(18)19)3-4-9(10)12(17)15-6-11(14)7-1-2-7;/h3-5,7,11H,1-2,6,14H2,(H,15,17);1H. The summed E-state index contributed by atoms with van der Waals surface area (Å²) in [5.41, 5.74) is 5.95. The van der Waals surface area contributed by atoms with Crippen molar-refractivity contribution in [2.45, 2.75) is 18.9 Å². The number of hydrogen-bond acceptors (Lipinski definition) is 4. The summed E-state index contributed by atoms with van der Waals surface area (Å²) in [7, 11) is 0. The molecule has 1 aromatic rings. The van der Waals surface area contributed by atoms with E-state index in [2.05, 4.69) is 5.32 Å². The molecule has 1 unspecified atom stereocenters. The van der Waals surface area contributed by atoms with Gasteiger partial charge in [-0.1, -0.05) is 11.6 Å². The van der Waals surface area contributed by atoms with E-state index in [-0.39, 0.29) is 40.6 Å². The highest BCUT2D eigenvalue weighted by Gasteiger charge is 2.28. The maximum atomic E-state index is 11.9. The average molecular weight is 320 g/mol. The van der Waals surface area contributed by atoms with Gasteiger partial charge in [-0.25, -0.2) is 0 Å². The zero-order valence-corrected chi connectivity index (χ0v) is 12.1. The van der Waals surface area contributed by atoms with Gasteiger partial charge in [0.25, 0.3) is 11.6 Å². The summed E-state index contributed by atoms with van der Waals surface area (Å²) < 4.78 is 0. The van der Waals surface area contributed by atoms with E-state index in [0.29, 0.717) is 12.5 Å². The van der Waals surface area contributed by atoms with Crippen molar-refractivity contribution in [1.82, 2.24) is 5.32 Å². The summed E-state index contributed by atoms with van der Waals surface area (Å²) in [6, 6.07) is 3.72. The van der Waals surface area contributed by atoms with Gasteiger partial charge in [0.2, 0.25) is 0 Å². The van der Waals surface area contributed by atoms with E-state index < -0.39 is 4.92 Å². The number of nitro groups is 1. The van der Waals surface area contributed by atoms with Gasteiger partial charge in [-0.15, -0.1) is 12.4 Å². The monoisotopic (exact) mass is 319 g/mol. The predicted molar refractivity (Wildman–Crippen MR) is 78.4 cm³/mol. The highest BCUT2D eigenvalue weighted by atomic mass is 35.5. The fraction of sp³-hybridized carbons (Fsp3) is 0.417. The van der Waals surface area contributed by atoms with Gasteiger partial charge >= 0.3 is 0 Å². The van der Waals surface area contributed by atoms with Crippen LogP contribution in [0.3, 0.4) is 0 Å². The van der Waals surface area contributed by atoms with Crippen LogP contribution in [0.15, 0.2) is 18.2 Å². The molecule has 1 aromatic carbocycles. The van der Waals surface area contributed by atoms with Gasteiger partial charge in [0.15, 0.2) is 0 Å². The maximum absolute atomic E-state index is 11.9. The molecule has 1 aliphatic rings. The summed E-state index contributed by atoms with van der Waals surface area (Å²) in [5, 5.41) is 13.3. The zero-order chi connectivity index (χ0) is 14.0. The van der Waals surface area contributed by atoms with E-state index in [1.54, 1.807) is 0 Å². The Bertz CT molecular complexity index is 521. The van der Waals surface area contributed by atoms with E-state index in [1.165, 1.54) is 12.1 Å². The van der Waals surface area contributed by atoms with Crippen LogP contribution in [-0.4, -0.2) is 23.4 Å². The second-order valence-electron chi connectivity index (χ2n) is 4.63. The predicted octanol–water partition coefficient (Wildman–Crippen LogP) is 2.14. The fourth-order valence-corrected chi connectivity index (χ4v) is 2.06. The molecule has 6 nitrogen and oxygen atoms in total. The van der Waals surface area contributed by atoms with E-state index in [4.69, 9.17) is 17.3 Å². The summed E-state index contributed by atoms with van der Waals surface area (Å²) in [5.74, 6) is 0.128. The second-order valence-corrected chi connectivity index (χ2v) is 5.04. The number of nitrogens with two attached hydrogens (primary N) is 1. The van der Waals surface area contributed by atoms with E-state index in [0.717, 1.165) is 18.9 Å². The van der Waals surface area contributed by atoms with Crippen LogP contribution in [0.25, 0.3) is 0 Å². The highest BCUT2D eigenvalue weighted by Crippen LogP contribution is 2.31. The van der Waals surface area contributed by atoms with Gasteiger partial charge in [0.1, 0.15) is 0 Å². The smallest absolute Gasteiger partial charge is 0.270 e. The zero-order valence-electron chi connectivity index (χ0n) is 10.5. The van der Waals surface area contributed by atoms with Crippen molar-refractivity contribution in [3.05, 3.63) is 38.9 Å². The summed E-state index contributed by atoms with van der Waals surface area (Å²) in [6.07, 6.45) is 2.21. The second kappa shape index (κ2) is 6.88. The van der Waals surface area contributed by atoms with Gasteiger partial charge < -0.3 is 11.1 Å². The first kappa shape index (κ1) is 16.7. The minimum Gasteiger partial charge on any atom is -0.350 e. The van der Waals surface area contributed by atoms with Crippen LogP contribution in [0.5, 0.6) is 0 Å². The Morgan fingerprint density at radius 3 is 2.70 bits per heavy atom. The van der Waals surface area contributed by atoms with Crippen LogP contribution in [0.4, 0.5) is 5.69 Å². The third-order valence-corrected chi connectivity index (χ3v) is 3.45. The number of carbonyl (C=O) groups is 1. The molecular weight excluding hydrogens is 305 g/mol. The molecule has 0 saturated heterocycles. The summed E-state index contributed by atoms with van der Waals surface area (Å²) in [6.45, 7) is 0.386. The van der Waals surface area contributed by atoms with Crippen LogP contribution in [-0.2, 0) is 0 Å². The molecule has 0 spiro atoms. The number of carbonyl (C=O) groups excluding carboxylic acids is 1. The molecule has 0 bridgehead atoms. The van der Waals surface area contributed by atoms with Crippen LogP contribution in [0, 0.1) is 16.0 Å². The minimum absolute atomic E-state index is 0. The number of amides is 1.